The molecule has 0 spiro atoms. The molecular formula is C23H16Cl2N4O4. The lowest BCUT2D eigenvalue weighted by Crippen LogP contribution is -2.25. The van der Waals surface area contributed by atoms with E-state index in [0.29, 0.717) is 21.9 Å². The number of imidazole rings is 1. The summed E-state index contributed by atoms with van der Waals surface area (Å²) in [6.07, 6.45) is -0.485. The van der Waals surface area contributed by atoms with Crippen LogP contribution in [0.1, 0.15) is 16.8 Å². The van der Waals surface area contributed by atoms with Crippen molar-refractivity contribution in [1.82, 2.24) is 9.97 Å². The Morgan fingerprint density at radius 1 is 1.06 bits per heavy atom. The summed E-state index contributed by atoms with van der Waals surface area (Å²) in [5.74, 6) is -0.687. The van der Waals surface area contributed by atoms with E-state index in [2.05, 4.69) is 20.6 Å². The van der Waals surface area contributed by atoms with Crippen LogP contribution in [-0.4, -0.2) is 33.2 Å². The first-order valence-electron chi connectivity index (χ1n) is 9.92. The van der Waals surface area contributed by atoms with Crippen LogP contribution < -0.4 is 15.4 Å². The van der Waals surface area contributed by atoms with Gasteiger partial charge in [0.15, 0.2) is 0 Å². The van der Waals surface area contributed by atoms with Crippen LogP contribution in [0.3, 0.4) is 0 Å². The minimum absolute atomic E-state index is 0.0721. The molecule has 4 N–H and O–H groups in total. The highest BCUT2D eigenvalue weighted by Crippen LogP contribution is 2.38. The maximum Gasteiger partial charge on any atom is 0.343 e. The van der Waals surface area contributed by atoms with E-state index < -0.39 is 18.1 Å². The molecule has 10 heteroatoms. The van der Waals surface area contributed by atoms with Crippen LogP contribution >= 0.6 is 23.2 Å². The Bertz CT molecular complexity index is 1420. The smallest absolute Gasteiger partial charge is 0.343 e. The summed E-state index contributed by atoms with van der Waals surface area (Å²) in [7, 11) is 0. The second-order valence-electron chi connectivity index (χ2n) is 7.45. The van der Waals surface area contributed by atoms with Crippen LogP contribution in [-0.2, 0) is 4.79 Å². The van der Waals surface area contributed by atoms with Gasteiger partial charge in [-0.1, -0.05) is 29.3 Å². The Kier molecular flexibility index (Phi) is 5.32. The molecule has 1 aliphatic rings. The number of aliphatic carboxylic acids is 1. The molecule has 3 aromatic carbocycles. The molecule has 0 radical (unpaired) electrons. The number of carboxylic acids is 1. The number of nitrogens with one attached hydrogen (secondary N) is 3. The first-order chi connectivity index (χ1) is 15.9. The molecule has 2 heterocycles. The number of halogens is 2. The molecule has 1 atom stereocenters. The Labute approximate surface area is 197 Å². The van der Waals surface area contributed by atoms with Crippen molar-refractivity contribution < 1.29 is 19.4 Å². The molecular weight excluding hydrogens is 467 g/mol. The Balaban J connectivity index is 1.43. The van der Waals surface area contributed by atoms with Gasteiger partial charge in [0.05, 0.1) is 39.4 Å². The van der Waals surface area contributed by atoms with E-state index in [-0.39, 0.29) is 17.2 Å². The molecule has 33 heavy (non-hydrogen) atoms. The van der Waals surface area contributed by atoms with Crippen LogP contribution in [0.2, 0.25) is 10.0 Å². The van der Waals surface area contributed by atoms with Crippen molar-refractivity contribution in [2.24, 2.45) is 0 Å². The average Bonchev–Trinajstić information content (AvgIpc) is 3.37. The number of benzene rings is 3. The van der Waals surface area contributed by atoms with Crippen molar-refractivity contribution in [2.45, 2.75) is 12.6 Å². The lowest BCUT2D eigenvalue weighted by atomic mass is 10.1. The summed E-state index contributed by atoms with van der Waals surface area (Å²) in [6.45, 7) is 0. The second-order valence-corrected chi connectivity index (χ2v) is 8.29. The molecule has 8 nitrogen and oxygen atoms in total. The number of esters is 1. The van der Waals surface area contributed by atoms with E-state index in [0.717, 1.165) is 22.5 Å². The summed E-state index contributed by atoms with van der Waals surface area (Å²) >= 11 is 12.0. The Morgan fingerprint density at radius 3 is 2.70 bits per heavy atom. The van der Waals surface area contributed by atoms with E-state index in [1.165, 1.54) is 12.1 Å². The molecule has 1 aliphatic heterocycles. The predicted octanol–water partition coefficient (Wildman–Crippen LogP) is 5.39. The number of ether oxygens (including phenoxy) is 1. The Hall–Kier alpha value is -3.75. The van der Waals surface area contributed by atoms with Crippen LogP contribution in [0.4, 0.5) is 11.4 Å². The molecule has 0 amide bonds. The van der Waals surface area contributed by atoms with Gasteiger partial charge >= 0.3 is 11.9 Å². The lowest BCUT2D eigenvalue weighted by molar-refractivity contribution is -0.137. The number of carboxylic acid groups (broad SMARTS) is 1. The molecule has 0 bridgehead atoms. The molecule has 0 saturated carbocycles. The van der Waals surface area contributed by atoms with E-state index in [1.807, 2.05) is 18.2 Å². The monoisotopic (exact) mass is 482 g/mol. The van der Waals surface area contributed by atoms with Gasteiger partial charge in [0, 0.05) is 10.6 Å². The summed E-state index contributed by atoms with van der Waals surface area (Å²) in [4.78, 5) is 31.6. The molecule has 1 aromatic heterocycles. The number of nitrogens with zero attached hydrogens (tertiary/aromatic N) is 1. The number of carbonyl (C=O) groups is 2. The highest BCUT2D eigenvalue weighted by molar-refractivity contribution is 6.35. The minimum Gasteiger partial charge on any atom is -0.481 e. The number of hydrogen-bond acceptors (Lipinski definition) is 6. The van der Waals surface area contributed by atoms with Gasteiger partial charge in [-0.2, -0.15) is 0 Å². The van der Waals surface area contributed by atoms with Gasteiger partial charge in [0.2, 0.25) is 0 Å². The average molecular weight is 483 g/mol. The molecule has 5 rings (SSSR count). The third kappa shape index (κ3) is 4.18. The number of para-hydroxylation sites is 1. The van der Waals surface area contributed by atoms with Gasteiger partial charge in [0.1, 0.15) is 17.7 Å². The van der Waals surface area contributed by atoms with Crippen molar-refractivity contribution in [3.63, 3.8) is 0 Å². The van der Waals surface area contributed by atoms with Gasteiger partial charge < -0.3 is 25.5 Å². The third-order valence-electron chi connectivity index (χ3n) is 5.16. The third-order valence-corrected chi connectivity index (χ3v) is 5.69. The molecule has 0 fully saturated rings. The number of carbonyl (C=O) groups excluding carboxylic acids is 1. The molecule has 4 aromatic rings. The fraction of sp³-hybridized carbons (Fsp3) is 0.0870. The standard InChI is InChI=1S/C23H16Cl2N4O4/c24-12-5-7-18(14(25)9-12)33-23(32)11-4-6-15-17(8-11)28-22(27-15)13-2-1-3-16-21(13)29-19(26-16)10-20(30)31/h1-9,19,26,29H,10H2,(H,27,28)(H,30,31). The second kappa shape index (κ2) is 8.31. The van der Waals surface area contributed by atoms with Crippen molar-refractivity contribution in [2.75, 3.05) is 10.6 Å². The quantitative estimate of drug-likeness (QED) is 0.222. The van der Waals surface area contributed by atoms with Gasteiger partial charge in [0.25, 0.3) is 0 Å². The number of aromatic amines is 1. The normalized spacial score (nSPS) is 14.4. The SMILES string of the molecule is O=C(O)CC1Nc2cccc(-c3nc4cc(C(=O)Oc5ccc(Cl)cc5Cl)ccc4[nH]3)c2N1. The Morgan fingerprint density at radius 2 is 1.91 bits per heavy atom. The van der Waals surface area contributed by atoms with Gasteiger partial charge in [-0.3, -0.25) is 4.79 Å². The summed E-state index contributed by atoms with van der Waals surface area (Å²) in [5.41, 5.74) is 3.96. The number of aromatic nitrogens is 2. The first-order valence-corrected chi connectivity index (χ1v) is 10.7. The van der Waals surface area contributed by atoms with Crippen molar-refractivity contribution in [3.8, 4) is 17.1 Å². The fourth-order valence-electron chi connectivity index (χ4n) is 3.68. The zero-order valence-corrected chi connectivity index (χ0v) is 18.4. The largest absolute Gasteiger partial charge is 0.481 e. The van der Waals surface area contributed by atoms with Gasteiger partial charge in [-0.25, -0.2) is 9.78 Å². The van der Waals surface area contributed by atoms with Crippen LogP contribution in [0.5, 0.6) is 5.75 Å². The highest BCUT2D eigenvalue weighted by Gasteiger charge is 2.25. The number of rotatable bonds is 5. The zero-order valence-electron chi connectivity index (χ0n) is 16.9. The van der Waals surface area contributed by atoms with Crippen LogP contribution in [0.25, 0.3) is 22.4 Å². The predicted molar refractivity (Wildman–Crippen MR) is 126 cm³/mol. The maximum atomic E-state index is 12.6. The molecule has 166 valence electrons. The van der Waals surface area contributed by atoms with E-state index in [4.69, 9.17) is 33.0 Å². The topological polar surface area (TPSA) is 116 Å². The highest BCUT2D eigenvalue weighted by atomic mass is 35.5. The fourth-order valence-corrected chi connectivity index (χ4v) is 4.12. The van der Waals surface area contributed by atoms with Crippen LogP contribution in [0.15, 0.2) is 54.6 Å². The van der Waals surface area contributed by atoms with Crippen molar-refractivity contribution in [1.29, 1.82) is 0 Å². The minimum atomic E-state index is -0.905. The van der Waals surface area contributed by atoms with E-state index >= 15 is 0 Å². The molecule has 1 unspecified atom stereocenters. The summed E-state index contributed by atoms with van der Waals surface area (Å²) in [6, 6.07) is 15.2. The lowest BCUT2D eigenvalue weighted by Gasteiger charge is -2.09. The number of fused-ring (bicyclic) bond motifs is 2. The summed E-state index contributed by atoms with van der Waals surface area (Å²) in [5, 5.41) is 16.1. The van der Waals surface area contributed by atoms with Crippen molar-refractivity contribution >= 4 is 57.5 Å². The van der Waals surface area contributed by atoms with E-state index in [9.17, 15) is 9.59 Å². The van der Waals surface area contributed by atoms with E-state index in [1.54, 1.807) is 24.3 Å². The van der Waals surface area contributed by atoms with Gasteiger partial charge in [-0.05, 0) is 48.5 Å². The summed E-state index contributed by atoms with van der Waals surface area (Å²) < 4.78 is 5.40. The van der Waals surface area contributed by atoms with Gasteiger partial charge in [-0.15, -0.1) is 0 Å². The van der Waals surface area contributed by atoms with Crippen molar-refractivity contribution in [3.05, 3.63) is 70.2 Å². The molecule has 0 aliphatic carbocycles. The zero-order chi connectivity index (χ0) is 23.1. The number of anilines is 2. The maximum absolute atomic E-state index is 12.6. The number of H-pyrrole nitrogens is 1. The number of hydrogen-bond donors (Lipinski definition) is 4. The molecule has 0 saturated heterocycles. The van der Waals surface area contributed by atoms with Crippen LogP contribution in [0, 0.1) is 0 Å². The first kappa shape index (κ1) is 21.1.